The summed E-state index contributed by atoms with van der Waals surface area (Å²) in [5.74, 6) is -0.524. The molecule has 22 nitrogen and oxygen atoms in total. The standard InChI is InChI=1S/C46H89N5O17/c1-40(52)12-16-57-18-20-59-22-24-61-26-28-63-30-32-65-34-36-67-38-39-68-37-35-66-33-31-64-29-27-62-25-23-60-21-19-58-17-15-50-46(56)43(51-45(55)9-4-6-13-47)8-5-7-14-49-44(54)11-10-42(48-3)41(2)53/h42-43,48,53H,2,4-39,47H2,1,3H3,(H,49,54)(H,50,56)(H,51,55). The lowest BCUT2D eigenvalue weighted by atomic mass is 10.1. The first kappa shape index (κ1) is 65.1. The van der Waals surface area contributed by atoms with Gasteiger partial charge in [0.1, 0.15) is 17.6 Å². The van der Waals surface area contributed by atoms with Crippen LogP contribution in [0.5, 0.6) is 0 Å². The number of carbonyl (C=O) groups is 4. The summed E-state index contributed by atoms with van der Waals surface area (Å²) in [6, 6.07) is -1.05. The van der Waals surface area contributed by atoms with Crippen LogP contribution in [0.2, 0.25) is 0 Å². The highest BCUT2D eigenvalue weighted by Crippen LogP contribution is 2.06. The Labute approximate surface area is 405 Å². The van der Waals surface area contributed by atoms with Gasteiger partial charge in [-0.25, -0.2) is 0 Å². The number of aliphatic hydroxyl groups is 1. The molecule has 0 bridgehead atoms. The zero-order valence-electron chi connectivity index (χ0n) is 41.4. The second-order valence-corrected chi connectivity index (χ2v) is 15.2. The first-order chi connectivity index (χ1) is 33.2. The topological polar surface area (TPSA) is 273 Å². The van der Waals surface area contributed by atoms with Crippen LogP contribution in [-0.4, -0.2) is 226 Å². The normalized spacial score (nSPS) is 12.2. The van der Waals surface area contributed by atoms with E-state index in [9.17, 15) is 24.3 Å². The molecule has 0 radical (unpaired) electrons. The van der Waals surface area contributed by atoms with Gasteiger partial charge in [-0.1, -0.05) is 6.58 Å². The molecule has 0 aromatic carbocycles. The molecule has 2 unspecified atom stereocenters. The molecule has 0 heterocycles. The van der Waals surface area contributed by atoms with Gasteiger partial charge < -0.3 is 88.9 Å². The number of hydrogen-bond acceptors (Lipinski definition) is 19. The molecule has 0 saturated heterocycles. The minimum absolute atomic E-state index is 0.00937. The van der Waals surface area contributed by atoms with E-state index in [2.05, 4.69) is 27.8 Å². The van der Waals surface area contributed by atoms with Crippen molar-refractivity contribution < 1.29 is 81.1 Å². The van der Waals surface area contributed by atoms with Crippen molar-refractivity contribution in [1.82, 2.24) is 21.3 Å². The summed E-state index contributed by atoms with van der Waals surface area (Å²) in [6.07, 6.45) is 4.42. The number of hydrogen-bond donors (Lipinski definition) is 6. The second kappa shape index (κ2) is 51.9. The number of likely N-dealkylation sites (N-methyl/N-ethyl adjacent to an activating group) is 1. The lowest BCUT2D eigenvalue weighted by molar-refractivity contribution is -0.129. The molecule has 3 amide bonds. The van der Waals surface area contributed by atoms with Crippen molar-refractivity contribution in [3.05, 3.63) is 12.3 Å². The zero-order valence-corrected chi connectivity index (χ0v) is 41.4. The molecule has 0 aliphatic heterocycles. The van der Waals surface area contributed by atoms with Gasteiger partial charge in [-0.3, -0.25) is 19.2 Å². The fourth-order valence-corrected chi connectivity index (χ4v) is 5.61. The van der Waals surface area contributed by atoms with Crippen LogP contribution in [0.15, 0.2) is 12.3 Å². The Hall–Kier alpha value is -2.94. The van der Waals surface area contributed by atoms with Crippen molar-refractivity contribution in [1.29, 1.82) is 0 Å². The SMILES string of the molecule is C=C(O)C(CCC(=O)NCCCCC(NC(=O)CCCCN)C(=O)NCCOCCOCCOCCOCCOCCOCCOCCOCCOCCOCCOCCOCCC(C)=O)NC. The van der Waals surface area contributed by atoms with Crippen molar-refractivity contribution in [2.45, 2.75) is 76.8 Å². The van der Waals surface area contributed by atoms with Crippen molar-refractivity contribution in [3.63, 3.8) is 0 Å². The summed E-state index contributed by atoms with van der Waals surface area (Å²) >= 11 is 0. The summed E-state index contributed by atoms with van der Waals surface area (Å²) in [6.45, 7) is 16.9. The quantitative estimate of drug-likeness (QED) is 0.0360. The lowest BCUT2D eigenvalue weighted by Crippen LogP contribution is -2.47. The Morgan fingerprint density at radius 3 is 1.22 bits per heavy atom. The number of amides is 3. The fourth-order valence-electron chi connectivity index (χ4n) is 5.61. The van der Waals surface area contributed by atoms with Gasteiger partial charge in [0.15, 0.2) is 0 Å². The van der Waals surface area contributed by atoms with Gasteiger partial charge in [-0.2, -0.15) is 0 Å². The van der Waals surface area contributed by atoms with E-state index in [1.807, 2.05) is 0 Å². The largest absolute Gasteiger partial charge is 0.511 e. The fraction of sp³-hybridized carbons (Fsp3) is 0.870. The van der Waals surface area contributed by atoms with Crippen molar-refractivity contribution in [2.24, 2.45) is 5.73 Å². The summed E-state index contributed by atoms with van der Waals surface area (Å²) in [5, 5.41) is 20.9. The Morgan fingerprint density at radius 2 is 0.853 bits per heavy atom. The van der Waals surface area contributed by atoms with Gasteiger partial charge >= 0.3 is 0 Å². The first-order valence-electron chi connectivity index (χ1n) is 24.2. The number of aliphatic hydroxyl groups excluding tert-OH is 1. The van der Waals surface area contributed by atoms with Gasteiger partial charge in [0.2, 0.25) is 17.7 Å². The summed E-state index contributed by atoms with van der Waals surface area (Å²) in [5.41, 5.74) is 5.54. The van der Waals surface area contributed by atoms with Crippen LogP contribution >= 0.6 is 0 Å². The summed E-state index contributed by atoms with van der Waals surface area (Å²) < 4.78 is 65.7. The Morgan fingerprint density at radius 1 is 0.456 bits per heavy atom. The van der Waals surface area contributed by atoms with Gasteiger partial charge in [0.05, 0.1) is 165 Å². The van der Waals surface area contributed by atoms with Gasteiger partial charge in [0, 0.05) is 32.4 Å². The van der Waals surface area contributed by atoms with E-state index in [0.29, 0.717) is 210 Å². The van der Waals surface area contributed by atoms with Crippen LogP contribution in [-0.2, 0) is 76.0 Å². The zero-order chi connectivity index (χ0) is 49.8. The third-order valence-electron chi connectivity index (χ3n) is 9.40. The molecule has 2 atom stereocenters. The smallest absolute Gasteiger partial charge is 0.242 e. The molecular weight excluding hydrogens is 895 g/mol. The molecule has 0 aliphatic carbocycles. The van der Waals surface area contributed by atoms with Crippen molar-refractivity contribution in [3.8, 4) is 0 Å². The highest BCUT2D eigenvalue weighted by Gasteiger charge is 2.20. The van der Waals surface area contributed by atoms with Crippen molar-refractivity contribution >= 4 is 23.5 Å². The van der Waals surface area contributed by atoms with Crippen LogP contribution < -0.4 is 27.0 Å². The highest BCUT2D eigenvalue weighted by molar-refractivity contribution is 5.87. The number of nitrogens with two attached hydrogens (primary N) is 1. The number of Topliss-reactive ketones (excluding diaryl/α,β-unsaturated/α-hetero) is 1. The van der Waals surface area contributed by atoms with Crippen LogP contribution in [0.3, 0.4) is 0 Å². The maximum absolute atomic E-state index is 12.9. The Balaban J connectivity index is 3.60. The van der Waals surface area contributed by atoms with E-state index in [-0.39, 0.29) is 54.9 Å². The minimum Gasteiger partial charge on any atom is -0.511 e. The Bertz CT molecular complexity index is 1200. The number of unbranched alkanes of at least 4 members (excludes halogenated alkanes) is 2. The third-order valence-corrected chi connectivity index (χ3v) is 9.40. The van der Waals surface area contributed by atoms with Gasteiger partial charge in [-0.15, -0.1) is 0 Å². The molecule has 0 saturated carbocycles. The van der Waals surface area contributed by atoms with E-state index in [0.717, 1.165) is 6.42 Å². The average Bonchev–Trinajstić information content (AvgIpc) is 3.31. The van der Waals surface area contributed by atoms with E-state index in [1.54, 1.807) is 14.0 Å². The van der Waals surface area contributed by atoms with E-state index < -0.39 is 6.04 Å². The molecule has 0 spiro atoms. The molecular formula is C46H89N5O17. The molecule has 0 rings (SSSR count). The molecule has 7 N–H and O–H groups in total. The number of nitrogens with one attached hydrogen (secondary N) is 4. The van der Waals surface area contributed by atoms with E-state index >= 15 is 0 Å². The monoisotopic (exact) mass is 984 g/mol. The maximum atomic E-state index is 12.9. The minimum atomic E-state index is -0.703. The predicted octanol–water partition coefficient (Wildman–Crippen LogP) is 0.621. The molecule has 22 heteroatoms. The van der Waals surface area contributed by atoms with Crippen LogP contribution in [0.1, 0.15) is 64.7 Å². The van der Waals surface area contributed by atoms with E-state index in [4.69, 9.17) is 62.6 Å². The average molecular weight is 984 g/mol. The first-order valence-corrected chi connectivity index (χ1v) is 24.2. The van der Waals surface area contributed by atoms with Crippen LogP contribution in [0.4, 0.5) is 0 Å². The molecule has 0 aromatic rings. The number of ketones is 1. The lowest BCUT2D eigenvalue weighted by Gasteiger charge is -2.19. The van der Waals surface area contributed by atoms with Gasteiger partial charge in [-0.05, 0) is 59.0 Å². The number of carbonyl (C=O) groups excluding carboxylic acids is 4. The molecule has 0 aliphatic rings. The maximum Gasteiger partial charge on any atom is 0.242 e. The second-order valence-electron chi connectivity index (χ2n) is 15.2. The number of ether oxygens (including phenoxy) is 12. The molecule has 0 aromatic heterocycles. The van der Waals surface area contributed by atoms with Crippen LogP contribution in [0.25, 0.3) is 0 Å². The predicted molar refractivity (Wildman–Crippen MR) is 254 cm³/mol. The summed E-state index contributed by atoms with van der Waals surface area (Å²) in [7, 11) is 1.69. The Kier molecular flexibility index (Phi) is 49.7. The van der Waals surface area contributed by atoms with E-state index in [1.165, 1.54) is 0 Å². The molecule has 400 valence electrons. The van der Waals surface area contributed by atoms with Gasteiger partial charge in [0.25, 0.3) is 0 Å². The van der Waals surface area contributed by atoms with Crippen LogP contribution in [0, 0.1) is 0 Å². The summed E-state index contributed by atoms with van der Waals surface area (Å²) in [4.78, 5) is 48.4. The van der Waals surface area contributed by atoms with Crippen molar-refractivity contribution in [2.75, 3.05) is 185 Å². The molecule has 68 heavy (non-hydrogen) atoms. The highest BCUT2D eigenvalue weighted by atomic mass is 16.6. The third kappa shape index (κ3) is 48.1. The number of rotatable bonds is 55. The molecule has 0 fully saturated rings.